The summed E-state index contributed by atoms with van der Waals surface area (Å²) < 4.78 is 32.3. The van der Waals surface area contributed by atoms with Gasteiger partial charge in [0.25, 0.3) is 0 Å². The third kappa shape index (κ3) is 4.16. The molecule has 27 heavy (non-hydrogen) atoms. The summed E-state index contributed by atoms with van der Waals surface area (Å²) >= 11 is 0. The highest BCUT2D eigenvalue weighted by Gasteiger charge is 2.30. The van der Waals surface area contributed by atoms with Crippen molar-refractivity contribution >= 4 is 17.6 Å². The molecule has 1 heterocycles. The van der Waals surface area contributed by atoms with Gasteiger partial charge in [0.05, 0.1) is 7.11 Å². The van der Waals surface area contributed by atoms with Gasteiger partial charge in [-0.2, -0.15) is 0 Å². The number of hydrogen-bond donors (Lipinski definition) is 1. The molecule has 142 valence electrons. The second-order valence-corrected chi connectivity index (χ2v) is 6.03. The van der Waals surface area contributed by atoms with Gasteiger partial charge < -0.3 is 15.0 Å². The minimum absolute atomic E-state index is 0.179. The summed E-state index contributed by atoms with van der Waals surface area (Å²) in [6.07, 6.45) is 0. The molecule has 6 nitrogen and oxygen atoms in total. The monoisotopic (exact) mass is 375 g/mol. The summed E-state index contributed by atoms with van der Waals surface area (Å²) in [7, 11) is 1.56. The molecule has 1 fully saturated rings. The zero-order valence-electron chi connectivity index (χ0n) is 14.7. The van der Waals surface area contributed by atoms with Crippen LogP contribution in [0.15, 0.2) is 42.5 Å². The predicted octanol–water partition coefficient (Wildman–Crippen LogP) is 2.53. The van der Waals surface area contributed by atoms with Gasteiger partial charge in [-0.1, -0.05) is 6.07 Å². The topological polar surface area (TPSA) is 61.9 Å². The van der Waals surface area contributed by atoms with Crippen LogP contribution in [0.5, 0.6) is 5.75 Å². The molecule has 8 heteroatoms. The highest BCUT2D eigenvalue weighted by molar-refractivity contribution is 5.96. The van der Waals surface area contributed by atoms with Gasteiger partial charge in [0.15, 0.2) is 0 Å². The lowest BCUT2D eigenvalue weighted by Gasteiger charge is -2.18. The smallest absolute Gasteiger partial charge is 0.325 e. The molecule has 1 aliphatic heterocycles. The molecular formula is C19H19F2N3O3. The van der Waals surface area contributed by atoms with Crippen LogP contribution in [0.3, 0.4) is 0 Å². The van der Waals surface area contributed by atoms with E-state index in [0.29, 0.717) is 24.5 Å². The first kappa shape index (κ1) is 18.6. The fraction of sp³-hybridized carbons (Fsp3) is 0.263. The maximum absolute atomic E-state index is 13.6. The molecule has 2 aromatic rings. The molecule has 1 aliphatic rings. The second-order valence-electron chi connectivity index (χ2n) is 6.03. The number of methoxy groups -OCH3 is 1. The average Bonchev–Trinajstić information content (AvgIpc) is 3.02. The summed E-state index contributed by atoms with van der Waals surface area (Å²) in [6.45, 7) is 0.371. The van der Waals surface area contributed by atoms with E-state index in [0.717, 1.165) is 12.1 Å². The van der Waals surface area contributed by atoms with E-state index in [-0.39, 0.29) is 24.7 Å². The summed E-state index contributed by atoms with van der Waals surface area (Å²) in [5.41, 5.74) is 0.496. The molecule has 3 rings (SSSR count). The van der Waals surface area contributed by atoms with Crippen molar-refractivity contribution in [2.24, 2.45) is 0 Å². The Kier molecular flexibility index (Phi) is 5.54. The molecule has 0 saturated carbocycles. The van der Waals surface area contributed by atoms with Crippen molar-refractivity contribution < 1.29 is 23.1 Å². The maximum atomic E-state index is 13.6. The summed E-state index contributed by atoms with van der Waals surface area (Å²) in [4.78, 5) is 27.5. The zero-order valence-corrected chi connectivity index (χ0v) is 14.7. The number of benzene rings is 2. The molecule has 0 bridgehead atoms. The SMILES string of the molecule is COc1ccc(N2CCN(CC(=O)NCc3c(F)cccc3F)C2=O)cc1. The van der Waals surface area contributed by atoms with E-state index in [1.807, 2.05) is 0 Å². The number of carbonyl (C=O) groups is 2. The van der Waals surface area contributed by atoms with Crippen molar-refractivity contribution in [2.75, 3.05) is 31.6 Å². The number of urea groups is 1. The van der Waals surface area contributed by atoms with Crippen LogP contribution in [0.1, 0.15) is 5.56 Å². The van der Waals surface area contributed by atoms with Gasteiger partial charge in [-0.3, -0.25) is 9.69 Å². The summed E-state index contributed by atoms with van der Waals surface area (Å²) in [5, 5.41) is 2.45. The van der Waals surface area contributed by atoms with Gasteiger partial charge in [-0.05, 0) is 36.4 Å². The summed E-state index contributed by atoms with van der Waals surface area (Å²) in [5.74, 6) is -1.25. The fourth-order valence-corrected chi connectivity index (χ4v) is 2.85. The lowest BCUT2D eigenvalue weighted by molar-refractivity contribution is -0.121. The molecule has 0 spiro atoms. The highest BCUT2D eigenvalue weighted by Crippen LogP contribution is 2.23. The zero-order chi connectivity index (χ0) is 19.4. The largest absolute Gasteiger partial charge is 0.497 e. The molecular weight excluding hydrogens is 356 g/mol. The van der Waals surface area contributed by atoms with Crippen molar-refractivity contribution in [2.45, 2.75) is 6.54 Å². The Morgan fingerprint density at radius 1 is 1.11 bits per heavy atom. The lowest BCUT2D eigenvalue weighted by Crippen LogP contribution is -2.39. The quantitative estimate of drug-likeness (QED) is 0.844. The number of ether oxygens (including phenoxy) is 1. The second kappa shape index (κ2) is 8.03. The van der Waals surface area contributed by atoms with Crippen molar-refractivity contribution in [1.82, 2.24) is 10.2 Å². The number of carbonyl (C=O) groups excluding carboxylic acids is 2. The third-order valence-corrected chi connectivity index (χ3v) is 4.34. The number of anilines is 1. The molecule has 1 saturated heterocycles. The first-order valence-electron chi connectivity index (χ1n) is 8.39. The number of nitrogens with one attached hydrogen (secondary N) is 1. The van der Waals surface area contributed by atoms with Gasteiger partial charge in [0.2, 0.25) is 5.91 Å². The van der Waals surface area contributed by atoms with Crippen LogP contribution in [-0.4, -0.2) is 43.6 Å². The van der Waals surface area contributed by atoms with Crippen molar-refractivity contribution in [3.8, 4) is 5.75 Å². The van der Waals surface area contributed by atoms with E-state index in [1.54, 1.807) is 36.3 Å². The number of amides is 3. The van der Waals surface area contributed by atoms with Gasteiger partial charge in [0.1, 0.15) is 23.9 Å². The molecule has 3 amide bonds. The van der Waals surface area contributed by atoms with Gasteiger partial charge >= 0.3 is 6.03 Å². The van der Waals surface area contributed by atoms with E-state index in [4.69, 9.17) is 4.74 Å². The number of rotatable bonds is 6. The maximum Gasteiger partial charge on any atom is 0.325 e. The van der Waals surface area contributed by atoms with Crippen molar-refractivity contribution in [3.63, 3.8) is 0 Å². The number of halogens is 2. The van der Waals surface area contributed by atoms with Crippen LogP contribution < -0.4 is 15.0 Å². The molecule has 2 aromatic carbocycles. The molecule has 1 N–H and O–H groups in total. The molecule has 0 radical (unpaired) electrons. The van der Waals surface area contributed by atoms with Gasteiger partial charge in [-0.25, -0.2) is 13.6 Å². The fourth-order valence-electron chi connectivity index (χ4n) is 2.85. The third-order valence-electron chi connectivity index (χ3n) is 4.34. The van der Waals surface area contributed by atoms with Gasteiger partial charge in [0, 0.05) is 30.9 Å². The Morgan fingerprint density at radius 3 is 2.41 bits per heavy atom. The van der Waals surface area contributed by atoms with Crippen LogP contribution in [0, 0.1) is 11.6 Å². The minimum Gasteiger partial charge on any atom is -0.497 e. The standard InChI is InChI=1S/C19H19F2N3O3/c1-27-14-7-5-13(6-8-14)24-10-9-23(19(24)26)12-18(25)22-11-15-16(20)3-2-4-17(15)21/h2-8H,9-12H2,1H3,(H,22,25). The average molecular weight is 375 g/mol. The van der Waals surface area contributed by atoms with Gasteiger partial charge in [-0.15, -0.1) is 0 Å². The number of nitrogens with zero attached hydrogens (tertiary/aromatic N) is 2. The van der Waals surface area contributed by atoms with Crippen LogP contribution >= 0.6 is 0 Å². The highest BCUT2D eigenvalue weighted by atomic mass is 19.1. The Hall–Kier alpha value is -3.16. The van der Waals surface area contributed by atoms with Crippen LogP contribution in [0.25, 0.3) is 0 Å². The van der Waals surface area contributed by atoms with E-state index < -0.39 is 17.5 Å². The van der Waals surface area contributed by atoms with E-state index in [2.05, 4.69) is 5.32 Å². The molecule has 0 atom stereocenters. The van der Waals surface area contributed by atoms with Crippen LogP contribution in [0.4, 0.5) is 19.3 Å². The minimum atomic E-state index is -0.724. The first-order chi connectivity index (χ1) is 13.0. The van der Waals surface area contributed by atoms with Crippen LogP contribution in [0.2, 0.25) is 0 Å². The Bertz CT molecular complexity index is 822. The normalized spacial score (nSPS) is 13.8. The van der Waals surface area contributed by atoms with E-state index in [9.17, 15) is 18.4 Å². The first-order valence-corrected chi connectivity index (χ1v) is 8.39. The summed E-state index contributed by atoms with van der Waals surface area (Å²) in [6, 6.07) is 10.2. The van der Waals surface area contributed by atoms with Crippen LogP contribution in [-0.2, 0) is 11.3 Å². The predicted molar refractivity (Wildman–Crippen MR) is 95.5 cm³/mol. The molecule has 0 unspecified atom stereocenters. The lowest BCUT2D eigenvalue weighted by atomic mass is 10.2. The number of hydrogen-bond acceptors (Lipinski definition) is 3. The van der Waals surface area contributed by atoms with Crippen molar-refractivity contribution in [3.05, 3.63) is 59.7 Å². The van der Waals surface area contributed by atoms with E-state index >= 15 is 0 Å². The Morgan fingerprint density at radius 2 is 1.78 bits per heavy atom. The van der Waals surface area contributed by atoms with Crippen molar-refractivity contribution in [1.29, 1.82) is 0 Å². The molecule has 0 aromatic heterocycles. The Labute approximate surface area is 155 Å². The Balaban J connectivity index is 1.56. The molecule has 0 aliphatic carbocycles. The van der Waals surface area contributed by atoms with E-state index in [1.165, 1.54) is 11.0 Å².